The Morgan fingerprint density at radius 3 is 2.29 bits per heavy atom. The lowest BCUT2D eigenvalue weighted by Crippen LogP contribution is -2.08. The van der Waals surface area contributed by atoms with Crippen LogP contribution >= 0.6 is 0 Å². The molecule has 5 aromatic rings. The van der Waals surface area contributed by atoms with Crippen LogP contribution in [0.1, 0.15) is 20.7 Å². The van der Waals surface area contributed by atoms with Crippen LogP contribution in [0.3, 0.4) is 0 Å². The molecule has 0 amide bonds. The van der Waals surface area contributed by atoms with Gasteiger partial charge in [-0.05, 0) is 59.5 Å². The van der Waals surface area contributed by atoms with Crippen LogP contribution in [0.15, 0.2) is 76.2 Å². The van der Waals surface area contributed by atoms with Crippen LogP contribution in [-0.4, -0.2) is 36.2 Å². The van der Waals surface area contributed by atoms with Gasteiger partial charge in [0.05, 0.1) is 16.5 Å². The van der Waals surface area contributed by atoms with Crippen LogP contribution in [0.25, 0.3) is 43.8 Å². The third-order valence-corrected chi connectivity index (χ3v) is 6.10. The van der Waals surface area contributed by atoms with E-state index in [4.69, 9.17) is 10.3 Å². The average Bonchev–Trinajstić information content (AvgIpc) is 2.85. The standard InChI is InChI=1S/C27H21N3O5/c1-30(2)17-6-10-20-23(13-17)35-25-18-9-5-16(29-28)11-14(18)3-8-21(25)24(20)19-7-4-15(26(31)32)12-22(19)27(33)34/h3-13H,28H2,1-2H3,(H,31,32)(H,33,34)/b29-16+. The highest BCUT2D eigenvalue weighted by Crippen LogP contribution is 2.41. The highest BCUT2D eigenvalue weighted by molar-refractivity contribution is 6.17. The lowest BCUT2D eigenvalue weighted by molar-refractivity contribution is 0.0696. The summed E-state index contributed by atoms with van der Waals surface area (Å²) in [5.74, 6) is 3.04. The van der Waals surface area contributed by atoms with Crippen molar-refractivity contribution in [2.45, 2.75) is 0 Å². The van der Waals surface area contributed by atoms with Crippen molar-refractivity contribution in [3.05, 3.63) is 83.2 Å². The highest BCUT2D eigenvalue weighted by Gasteiger charge is 2.21. The molecule has 8 nitrogen and oxygen atoms in total. The first-order chi connectivity index (χ1) is 16.8. The van der Waals surface area contributed by atoms with Crippen molar-refractivity contribution in [1.29, 1.82) is 0 Å². The quantitative estimate of drug-likeness (QED) is 0.152. The Hall–Kier alpha value is -4.85. The number of aromatic carboxylic acids is 2. The second kappa shape index (κ2) is 8.18. The van der Waals surface area contributed by atoms with Gasteiger partial charge in [0.2, 0.25) is 0 Å². The molecular weight excluding hydrogens is 446 g/mol. The lowest BCUT2D eigenvalue weighted by atomic mass is 9.91. The first-order valence-electron chi connectivity index (χ1n) is 10.7. The van der Waals surface area contributed by atoms with Gasteiger partial charge in [0.25, 0.3) is 0 Å². The zero-order valence-corrected chi connectivity index (χ0v) is 18.9. The van der Waals surface area contributed by atoms with E-state index in [1.54, 1.807) is 12.1 Å². The summed E-state index contributed by atoms with van der Waals surface area (Å²) < 4.78 is 6.42. The molecular formula is C27H21N3O5. The number of carbonyl (C=O) groups is 2. The molecule has 5 rings (SSSR count). The molecule has 4 N–H and O–H groups in total. The molecule has 0 fully saturated rings. The largest absolute Gasteiger partial charge is 0.478 e. The van der Waals surface area contributed by atoms with E-state index >= 15 is 0 Å². The molecule has 0 unspecified atom stereocenters. The summed E-state index contributed by atoms with van der Waals surface area (Å²) in [4.78, 5) is 25.7. The molecule has 35 heavy (non-hydrogen) atoms. The topological polar surface area (TPSA) is 129 Å². The molecule has 174 valence electrons. The summed E-state index contributed by atoms with van der Waals surface area (Å²) >= 11 is 0. The molecule has 0 aliphatic carbocycles. The monoisotopic (exact) mass is 467 g/mol. The van der Waals surface area contributed by atoms with Crippen LogP contribution in [-0.2, 0) is 0 Å². The first kappa shape index (κ1) is 22.0. The Morgan fingerprint density at radius 1 is 0.857 bits per heavy atom. The number of hydrogen-bond donors (Lipinski definition) is 3. The van der Waals surface area contributed by atoms with Crippen molar-refractivity contribution < 1.29 is 24.2 Å². The number of rotatable bonds is 4. The molecule has 0 atom stereocenters. The number of benzene rings is 4. The van der Waals surface area contributed by atoms with Gasteiger partial charge in [-0.25, -0.2) is 9.59 Å². The average molecular weight is 467 g/mol. The SMILES string of the molecule is CN(C)c1ccc2c(-c3ccc(C(=O)O)cc3C(=O)O)c3ccc4c/c(=N/N)ccc4c3oc2c1. The minimum atomic E-state index is -1.22. The van der Waals surface area contributed by atoms with Gasteiger partial charge in [0.15, 0.2) is 0 Å². The van der Waals surface area contributed by atoms with Crippen molar-refractivity contribution in [2.75, 3.05) is 19.0 Å². The molecule has 0 aliphatic rings. The number of hydrogen-bond acceptors (Lipinski definition) is 6. The van der Waals surface area contributed by atoms with Crippen molar-refractivity contribution in [2.24, 2.45) is 10.9 Å². The second-order valence-corrected chi connectivity index (χ2v) is 8.40. The number of carboxylic acids is 2. The molecule has 1 aromatic heterocycles. The summed E-state index contributed by atoms with van der Waals surface area (Å²) in [6, 6.07) is 19.1. The van der Waals surface area contributed by atoms with Gasteiger partial charge < -0.3 is 25.4 Å². The zero-order valence-electron chi connectivity index (χ0n) is 18.9. The maximum Gasteiger partial charge on any atom is 0.336 e. The van der Waals surface area contributed by atoms with Gasteiger partial charge in [-0.15, -0.1) is 0 Å². The second-order valence-electron chi connectivity index (χ2n) is 8.40. The maximum atomic E-state index is 12.2. The predicted molar refractivity (Wildman–Crippen MR) is 135 cm³/mol. The minimum Gasteiger partial charge on any atom is -0.478 e. The van der Waals surface area contributed by atoms with Gasteiger partial charge in [-0.1, -0.05) is 12.1 Å². The van der Waals surface area contributed by atoms with Crippen LogP contribution in [0.2, 0.25) is 0 Å². The van der Waals surface area contributed by atoms with E-state index in [1.165, 1.54) is 12.1 Å². The van der Waals surface area contributed by atoms with E-state index in [-0.39, 0.29) is 11.1 Å². The summed E-state index contributed by atoms with van der Waals surface area (Å²) in [6.07, 6.45) is 0. The smallest absolute Gasteiger partial charge is 0.336 e. The molecule has 0 spiro atoms. The van der Waals surface area contributed by atoms with Crippen molar-refractivity contribution in [3.63, 3.8) is 0 Å². The molecule has 0 bridgehead atoms. The normalized spacial score (nSPS) is 11.9. The third kappa shape index (κ3) is 3.61. The molecule has 1 heterocycles. The molecule has 0 saturated heterocycles. The van der Waals surface area contributed by atoms with Gasteiger partial charge in [0, 0.05) is 47.6 Å². The first-order valence-corrected chi connectivity index (χ1v) is 10.7. The van der Waals surface area contributed by atoms with Gasteiger partial charge in [-0.3, -0.25) is 0 Å². The molecule has 8 heteroatoms. The fraction of sp³-hybridized carbons (Fsp3) is 0.0741. The lowest BCUT2D eigenvalue weighted by Gasteiger charge is -2.17. The molecule has 0 radical (unpaired) electrons. The van der Waals surface area contributed by atoms with Crippen molar-refractivity contribution in [1.82, 2.24) is 0 Å². The number of carboxylic acid groups (broad SMARTS) is 2. The van der Waals surface area contributed by atoms with Gasteiger partial charge in [0.1, 0.15) is 11.2 Å². The number of nitrogens with two attached hydrogens (primary N) is 1. The van der Waals surface area contributed by atoms with Crippen LogP contribution < -0.4 is 16.1 Å². The van der Waals surface area contributed by atoms with Crippen molar-refractivity contribution in [3.8, 4) is 11.1 Å². The maximum absolute atomic E-state index is 12.2. The van der Waals surface area contributed by atoms with Crippen LogP contribution in [0.4, 0.5) is 5.69 Å². The summed E-state index contributed by atoms with van der Waals surface area (Å²) in [5.41, 5.74) is 2.90. The predicted octanol–water partition coefficient (Wildman–Crippen LogP) is 4.64. The molecule has 4 aromatic carbocycles. The molecule has 0 aliphatic heterocycles. The number of nitrogens with zero attached hydrogens (tertiary/aromatic N) is 2. The van der Waals surface area contributed by atoms with E-state index < -0.39 is 11.9 Å². The van der Waals surface area contributed by atoms with Crippen LogP contribution in [0.5, 0.6) is 0 Å². The number of anilines is 1. The minimum absolute atomic E-state index is 0.0983. The van der Waals surface area contributed by atoms with E-state index in [2.05, 4.69) is 5.10 Å². The fourth-order valence-electron chi connectivity index (χ4n) is 4.37. The van der Waals surface area contributed by atoms with E-state index in [9.17, 15) is 19.8 Å². The Labute approximate surface area is 199 Å². The fourth-order valence-corrected chi connectivity index (χ4v) is 4.37. The summed E-state index contributed by atoms with van der Waals surface area (Å²) in [7, 11) is 3.84. The Bertz CT molecular complexity index is 1750. The third-order valence-electron chi connectivity index (χ3n) is 6.10. The number of fused-ring (bicyclic) bond motifs is 4. The zero-order chi connectivity index (χ0) is 24.9. The Morgan fingerprint density at radius 2 is 1.60 bits per heavy atom. The van der Waals surface area contributed by atoms with Crippen LogP contribution in [0, 0.1) is 0 Å². The Balaban J connectivity index is 1.98. The van der Waals surface area contributed by atoms with E-state index in [0.29, 0.717) is 38.4 Å². The highest BCUT2D eigenvalue weighted by atomic mass is 16.4. The summed E-state index contributed by atoms with van der Waals surface area (Å²) in [5, 5.41) is 26.8. The van der Waals surface area contributed by atoms with E-state index in [0.717, 1.165) is 16.5 Å². The van der Waals surface area contributed by atoms with Gasteiger partial charge in [-0.2, -0.15) is 5.10 Å². The Kier molecular flexibility index (Phi) is 5.13. The van der Waals surface area contributed by atoms with Crippen molar-refractivity contribution >= 4 is 50.3 Å². The molecule has 0 saturated carbocycles. The summed E-state index contributed by atoms with van der Waals surface area (Å²) in [6.45, 7) is 0. The van der Waals surface area contributed by atoms with Gasteiger partial charge >= 0.3 is 11.9 Å². The van der Waals surface area contributed by atoms with E-state index in [1.807, 2.05) is 61.5 Å².